The molecule has 0 aliphatic heterocycles. The highest BCUT2D eigenvalue weighted by molar-refractivity contribution is 5.74. The van der Waals surface area contributed by atoms with Crippen molar-refractivity contribution in [2.75, 3.05) is 6.54 Å². The van der Waals surface area contributed by atoms with Crippen molar-refractivity contribution >= 4 is 6.03 Å². The van der Waals surface area contributed by atoms with Crippen molar-refractivity contribution < 1.29 is 4.79 Å². The van der Waals surface area contributed by atoms with Gasteiger partial charge in [-0.05, 0) is 67.8 Å². The van der Waals surface area contributed by atoms with Crippen LogP contribution in [0, 0.1) is 23.7 Å². The topological polar surface area (TPSA) is 32.3 Å². The fourth-order valence-electron chi connectivity index (χ4n) is 5.72. The quantitative estimate of drug-likeness (QED) is 0.853. The van der Waals surface area contributed by atoms with E-state index in [0.29, 0.717) is 12.6 Å². The maximum atomic E-state index is 12.9. The van der Waals surface area contributed by atoms with E-state index < -0.39 is 0 Å². The number of benzene rings is 1. The molecule has 0 aromatic heterocycles. The molecule has 4 aliphatic carbocycles. The van der Waals surface area contributed by atoms with Crippen LogP contribution >= 0.6 is 0 Å². The molecule has 0 saturated heterocycles. The predicted octanol–water partition coefficient (Wildman–Crippen LogP) is 4.43. The van der Waals surface area contributed by atoms with Crippen LogP contribution in [0.25, 0.3) is 0 Å². The number of hydrogen-bond donors (Lipinski definition) is 1. The van der Waals surface area contributed by atoms with Gasteiger partial charge in [-0.1, -0.05) is 37.3 Å². The van der Waals surface area contributed by atoms with Gasteiger partial charge in [-0.15, -0.1) is 0 Å². The Morgan fingerprint density at radius 3 is 2.25 bits per heavy atom. The average Bonchev–Trinajstić information content (AvgIpc) is 2.58. The summed E-state index contributed by atoms with van der Waals surface area (Å²) in [6.07, 6.45) is 7.87. The normalized spacial score (nSPS) is 33.5. The second-order valence-corrected chi connectivity index (χ2v) is 8.31. The van der Waals surface area contributed by atoms with Gasteiger partial charge in [0.2, 0.25) is 0 Å². The largest absolute Gasteiger partial charge is 0.335 e. The number of urea groups is 1. The van der Waals surface area contributed by atoms with Crippen molar-refractivity contribution in [3.05, 3.63) is 35.9 Å². The Balaban J connectivity index is 1.41. The molecule has 24 heavy (non-hydrogen) atoms. The zero-order valence-electron chi connectivity index (χ0n) is 14.8. The summed E-state index contributed by atoms with van der Waals surface area (Å²) < 4.78 is 0. The van der Waals surface area contributed by atoms with Crippen molar-refractivity contribution in [3.8, 4) is 0 Å². The molecule has 0 spiro atoms. The minimum absolute atomic E-state index is 0.151. The first-order valence-corrected chi connectivity index (χ1v) is 9.82. The molecule has 4 aliphatic rings. The van der Waals surface area contributed by atoms with E-state index in [9.17, 15) is 4.79 Å². The fourth-order valence-corrected chi connectivity index (χ4v) is 5.72. The lowest BCUT2D eigenvalue weighted by atomic mass is 9.54. The molecule has 5 rings (SSSR count). The van der Waals surface area contributed by atoms with Crippen molar-refractivity contribution in [1.29, 1.82) is 0 Å². The summed E-state index contributed by atoms with van der Waals surface area (Å²) in [4.78, 5) is 14.9. The number of amides is 2. The van der Waals surface area contributed by atoms with Crippen LogP contribution in [0.1, 0.15) is 51.0 Å². The van der Waals surface area contributed by atoms with Crippen LogP contribution < -0.4 is 5.32 Å². The SMILES string of the molecule is CCCN(Cc1ccccc1)C(=O)NC1C2CC3CC(C2)CC1C3. The number of carbonyl (C=O) groups is 1. The molecule has 3 heteroatoms. The lowest BCUT2D eigenvalue weighted by molar-refractivity contribution is -0.0111. The van der Waals surface area contributed by atoms with Crippen LogP contribution in [0.5, 0.6) is 0 Å². The summed E-state index contributed by atoms with van der Waals surface area (Å²) in [6.45, 7) is 3.69. The minimum atomic E-state index is 0.151. The second kappa shape index (κ2) is 6.78. The van der Waals surface area contributed by atoms with E-state index in [1.807, 2.05) is 11.0 Å². The van der Waals surface area contributed by atoms with Gasteiger partial charge >= 0.3 is 6.03 Å². The van der Waals surface area contributed by atoms with Crippen LogP contribution in [0.15, 0.2) is 30.3 Å². The maximum absolute atomic E-state index is 12.9. The number of hydrogen-bond acceptors (Lipinski definition) is 1. The molecular formula is C21H30N2O. The van der Waals surface area contributed by atoms with Crippen LogP contribution in [0.3, 0.4) is 0 Å². The summed E-state index contributed by atoms with van der Waals surface area (Å²) in [5, 5.41) is 3.45. The second-order valence-electron chi connectivity index (χ2n) is 8.31. The molecule has 0 unspecified atom stereocenters. The van der Waals surface area contributed by atoms with E-state index in [1.165, 1.54) is 37.7 Å². The molecule has 0 radical (unpaired) electrons. The number of nitrogens with one attached hydrogen (secondary N) is 1. The van der Waals surface area contributed by atoms with Crippen molar-refractivity contribution in [2.24, 2.45) is 23.7 Å². The summed E-state index contributed by atoms with van der Waals surface area (Å²) in [5.74, 6) is 3.39. The molecule has 2 amide bonds. The third-order valence-corrected chi connectivity index (χ3v) is 6.51. The highest BCUT2D eigenvalue weighted by Crippen LogP contribution is 2.53. The van der Waals surface area contributed by atoms with Gasteiger partial charge in [0.05, 0.1) is 0 Å². The molecule has 0 heterocycles. The third-order valence-electron chi connectivity index (χ3n) is 6.51. The van der Waals surface area contributed by atoms with Crippen molar-refractivity contribution in [1.82, 2.24) is 10.2 Å². The molecule has 3 nitrogen and oxygen atoms in total. The van der Waals surface area contributed by atoms with Gasteiger partial charge in [0, 0.05) is 19.1 Å². The molecule has 4 saturated carbocycles. The maximum Gasteiger partial charge on any atom is 0.317 e. The Morgan fingerprint density at radius 1 is 1.04 bits per heavy atom. The van der Waals surface area contributed by atoms with E-state index in [2.05, 4.69) is 36.5 Å². The van der Waals surface area contributed by atoms with Gasteiger partial charge in [0.15, 0.2) is 0 Å². The summed E-state index contributed by atoms with van der Waals surface area (Å²) >= 11 is 0. The van der Waals surface area contributed by atoms with Gasteiger partial charge in [0.1, 0.15) is 0 Å². The van der Waals surface area contributed by atoms with Crippen molar-refractivity contribution in [2.45, 2.75) is 58.0 Å². The molecule has 4 fully saturated rings. The monoisotopic (exact) mass is 326 g/mol. The molecule has 1 N–H and O–H groups in total. The summed E-state index contributed by atoms with van der Waals surface area (Å²) in [7, 11) is 0. The first-order chi connectivity index (χ1) is 11.7. The highest BCUT2D eigenvalue weighted by Gasteiger charge is 2.48. The Bertz CT molecular complexity index is 542. The standard InChI is InChI=1S/C21H30N2O/c1-2-8-23(14-15-6-4-3-5-7-15)21(24)22-20-18-10-16-9-17(12-18)13-19(20)11-16/h3-7,16-20H,2,8-14H2,1H3,(H,22,24). The number of carbonyl (C=O) groups excluding carboxylic acids is 1. The van der Waals surface area contributed by atoms with Gasteiger partial charge in [0.25, 0.3) is 0 Å². The zero-order valence-corrected chi connectivity index (χ0v) is 14.8. The molecule has 1 aromatic rings. The molecule has 4 bridgehead atoms. The smallest absolute Gasteiger partial charge is 0.317 e. The number of rotatable bonds is 5. The van der Waals surface area contributed by atoms with Crippen LogP contribution in [-0.2, 0) is 6.54 Å². The Morgan fingerprint density at radius 2 is 1.67 bits per heavy atom. The van der Waals surface area contributed by atoms with E-state index >= 15 is 0 Å². The van der Waals surface area contributed by atoms with E-state index in [-0.39, 0.29) is 6.03 Å². The molecule has 1 aromatic carbocycles. The Kier molecular flexibility index (Phi) is 4.51. The lowest BCUT2D eigenvalue weighted by Crippen LogP contribution is -2.57. The van der Waals surface area contributed by atoms with Gasteiger partial charge in [-0.3, -0.25) is 0 Å². The van der Waals surface area contributed by atoms with E-state index in [0.717, 1.165) is 36.6 Å². The van der Waals surface area contributed by atoms with Crippen LogP contribution in [-0.4, -0.2) is 23.5 Å². The molecule has 0 atom stereocenters. The van der Waals surface area contributed by atoms with Gasteiger partial charge in [-0.25, -0.2) is 4.79 Å². The van der Waals surface area contributed by atoms with Gasteiger partial charge < -0.3 is 10.2 Å². The third kappa shape index (κ3) is 3.18. The van der Waals surface area contributed by atoms with E-state index in [1.54, 1.807) is 0 Å². The Labute approximate surface area is 145 Å². The van der Waals surface area contributed by atoms with Crippen molar-refractivity contribution in [3.63, 3.8) is 0 Å². The minimum Gasteiger partial charge on any atom is -0.335 e. The highest BCUT2D eigenvalue weighted by atomic mass is 16.2. The molecular weight excluding hydrogens is 296 g/mol. The summed E-state index contributed by atoms with van der Waals surface area (Å²) in [6, 6.07) is 10.9. The molecule has 130 valence electrons. The van der Waals surface area contributed by atoms with E-state index in [4.69, 9.17) is 0 Å². The predicted molar refractivity (Wildman–Crippen MR) is 96.5 cm³/mol. The first-order valence-electron chi connectivity index (χ1n) is 9.82. The van der Waals surface area contributed by atoms with Gasteiger partial charge in [-0.2, -0.15) is 0 Å². The van der Waals surface area contributed by atoms with Crippen LogP contribution in [0.2, 0.25) is 0 Å². The summed E-state index contributed by atoms with van der Waals surface area (Å²) in [5.41, 5.74) is 1.21. The van der Waals surface area contributed by atoms with Crippen LogP contribution in [0.4, 0.5) is 4.79 Å². The lowest BCUT2D eigenvalue weighted by Gasteiger charge is -2.54. The number of nitrogens with zero attached hydrogens (tertiary/aromatic N) is 1. The zero-order chi connectivity index (χ0) is 16.5. The average molecular weight is 326 g/mol. The fraction of sp³-hybridized carbons (Fsp3) is 0.667. The first kappa shape index (κ1) is 16.0. The Hall–Kier alpha value is -1.51.